The molecule has 0 radical (unpaired) electrons. The molecule has 1 heterocycles. The number of hydrogen-bond acceptors (Lipinski definition) is 2. The molecule has 1 aromatic carbocycles. The van der Waals surface area contributed by atoms with Gasteiger partial charge in [-0.15, -0.1) is 0 Å². The molecule has 0 aliphatic carbocycles. The SMILES string of the molecule is CCc1c(C)nn(-c2ccc(F)cc2C=CC(=O)O)c1C. The molecule has 1 N–H and O–H groups in total. The highest BCUT2D eigenvalue weighted by Crippen LogP contribution is 2.23. The van der Waals surface area contributed by atoms with Crippen LogP contribution >= 0.6 is 0 Å². The summed E-state index contributed by atoms with van der Waals surface area (Å²) in [6.45, 7) is 5.93. The Morgan fingerprint density at radius 3 is 2.71 bits per heavy atom. The maximum absolute atomic E-state index is 13.4. The minimum Gasteiger partial charge on any atom is -0.478 e. The van der Waals surface area contributed by atoms with Gasteiger partial charge < -0.3 is 5.11 Å². The molecular weight excluding hydrogens is 271 g/mol. The molecule has 0 spiro atoms. The average molecular weight is 288 g/mol. The molecule has 110 valence electrons. The van der Waals surface area contributed by atoms with Crippen LogP contribution in [0.5, 0.6) is 0 Å². The van der Waals surface area contributed by atoms with Crippen molar-refractivity contribution in [3.05, 3.63) is 52.6 Å². The first-order chi connectivity index (χ1) is 9.93. The normalized spacial score (nSPS) is 11.2. The number of carbonyl (C=O) groups is 1. The second kappa shape index (κ2) is 5.91. The first-order valence-electron chi connectivity index (χ1n) is 6.70. The summed E-state index contributed by atoms with van der Waals surface area (Å²) in [5.41, 5.74) is 4.19. The second-order valence-corrected chi connectivity index (χ2v) is 4.79. The number of aromatic nitrogens is 2. The molecule has 0 atom stereocenters. The van der Waals surface area contributed by atoms with Gasteiger partial charge in [-0.3, -0.25) is 0 Å². The number of hydrogen-bond donors (Lipinski definition) is 1. The van der Waals surface area contributed by atoms with Crippen LogP contribution in [0.4, 0.5) is 4.39 Å². The van der Waals surface area contributed by atoms with Crippen LogP contribution in [0.3, 0.4) is 0 Å². The first kappa shape index (κ1) is 15.0. The lowest BCUT2D eigenvalue weighted by Crippen LogP contribution is -2.02. The van der Waals surface area contributed by atoms with Gasteiger partial charge in [0, 0.05) is 17.3 Å². The smallest absolute Gasteiger partial charge is 0.328 e. The molecule has 0 amide bonds. The van der Waals surface area contributed by atoms with Crippen LogP contribution in [0, 0.1) is 19.7 Å². The van der Waals surface area contributed by atoms with Crippen molar-refractivity contribution in [2.24, 2.45) is 0 Å². The number of carboxylic acids is 1. The number of benzene rings is 1. The lowest BCUT2D eigenvalue weighted by molar-refractivity contribution is -0.131. The van der Waals surface area contributed by atoms with Gasteiger partial charge in [0.15, 0.2) is 0 Å². The Labute approximate surface area is 122 Å². The predicted octanol–water partition coefficient (Wildman–Crippen LogP) is 3.29. The zero-order valence-electron chi connectivity index (χ0n) is 12.2. The molecule has 5 heteroatoms. The van der Waals surface area contributed by atoms with Gasteiger partial charge in [0.2, 0.25) is 0 Å². The maximum atomic E-state index is 13.4. The molecule has 0 saturated heterocycles. The second-order valence-electron chi connectivity index (χ2n) is 4.79. The van der Waals surface area contributed by atoms with E-state index in [9.17, 15) is 9.18 Å². The third kappa shape index (κ3) is 3.02. The Balaban J connectivity index is 2.61. The van der Waals surface area contributed by atoms with Crippen LogP contribution in [-0.4, -0.2) is 20.9 Å². The fourth-order valence-corrected chi connectivity index (χ4v) is 2.43. The standard InChI is InChI=1S/C16H17FN2O2/c1-4-14-10(2)18-19(11(14)3)15-7-6-13(17)9-12(15)5-8-16(20)21/h5-9H,4H2,1-3H3,(H,20,21). The fraction of sp³-hybridized carbons (Fsp3) is 0.250. The zero-order valence-corrected chi connectivity index (χ0v) is 12.2. The topological polar surface area (TPSA) is 55.1 Å². The zero-order chi connectivity index (χ0) is 15.6. The molecular formula is C16H17FN2O2. The van der Waals surface area contributed by atoms with E-state index in [2.05, 4.69) is 12.0 Å². The van der Waals surface area contributed by atoms with Crippen LogP contribution < -0.4 is 0 Å². The molecule has 21 heavy (non-hydrogen) atoms. The average Bonchev–Trinajstić information content (AvgIpc) is 2.71. The van der Waals surface area contributed by atoms with E-state index in [-0.39, 0.29) is 0 Å². The van der Waals surface area contributed by atoms with Crippen molar-refractivity contribution in [2.45, 2.75) is 27.2 Å². The van der Waals surface area contributed by atoms with E-state index in [0.717, 1.165) is 29.4 Å². The minimum atomic E-state index is -1.08. The van der Waals surface area contributed by atoms with Gasteiger partial charge in [-0.05, 0) is 50.1 Å². The molecule has 0 bridgehead atoms. The molecule has 0 aliphatic rings. The van der Waals surface area contributed by atoms with E-state index in [4.69, 9.17) is 5.11 Å². The lowest BCUT2D eigenvalue weighted by atomic mass is 10.1. The third-order valence-electron chi connectivity index (χ3n) is 3.42. The number of nitrogens with zero attached hydrogens (tertiary/aromatic N) is 2. The van der Waals surface area contributed by atoms with Crippen molar-refractivity contribution in [1.29, 1.82) is 0 Å². The minimum absolute atomic E-state index is 0.416. The summed E-state index contributed by atoms with van der Waals surface area (Å²) in [7, 11) is 0. The van der Waals surface area contributed by atoms with Crippen LogP contribution in [-0.2, 0) is 11.2 Å². The summed E-state index contributed by atoms with van der Waals surface area (Å²) in [5, 5.41) is 13.2. The maximum Gasteiger partial charge on any atom is 0.328 e. The van der Waals surface area contributed by atoms with E-state index >= 15 is 0 Å². The van der Waals surface area contributed by atoms with Gasteiger partial charge in [0.1, 0.15) is 5.82 Å². The van der Waals surface area contributed by atoms with Gasteiger partial charge in [-0.2, -0.15) is 5.10 Å². The van der Waals surface area contributed by atoms with Gasteiger partial charge in [0.25, 0.3) is 0 Å². The van der Waals surface area contributed by atoms with Gasteiger partial charge in [-0.1, -0.05) is 6.92 Å². The first-order valence-corrected chi connectivity index (χ1v) is 6.70. The van der Waals surface area contributed by atoms with Crippen LogP contribution in [0.25, 0.3) is 11.8 Å². The molecule has 2 aromatic rings. The van der Waals surface area contributed by atoms with Crippen molar-refractivity contribution >= 4 is 12.0 Å². The predicted molar refractivity (Wildman–Crippen MR) is 79.0 cm³/mol. The quantitative estimate of drug-likeness (QED) is 0.878. The summed E-state index contributed by atoms with van der Waals surface area (Å²) < 4.78 is 15.2. The summed E-state index contributed by atoms with van der Waals surface area (Å²) in [5.74, 6) is -1.49. The van der Waals surface area contributed by atoms with Gasteiger partial charge in [0.05, 0.1) is 11.4 Å². The highest BCUT2D eigenvalue weighted by atomic mass is 19.1. The summed E-state index contributed by atoms with van der Waals surface area (Å²) in [4.78, 5) is 10.7. The number of aryl methyl sites for hydroxylation is 1. The molecule has 1 aromatic heterocycles. The van der Waals surface area contributed by atoms with E-state index in [1.165, 1.54) is 18.2 Å². The summed E-state index contributed by atoms with van der Waals surface area (Å²) >= 11 is 0. The summed E-state index contributed by atoms with van der Waals surface area (Å²) in [6, 6.07) is 4.25. The van der Waals surface area contributed by atoms with Crippen LogP contribution in [0.2, 0.25) is 0 Å². The number of halogens is 1. The number of rotatable bonds is 4. The van der Waals surface area contributed by atoms with E-state index in [0.29, 0.717) is 11.3 Å². The Bertz CT molecular complexity index is 717. The fourth-order valence-electron chi connectivity index (χ4n) is 2.43. The molecule has 0 unspecified atom stereocenters. The third-order valence-corrected chi connectivity index (χ3v) is 3.42. The Kier molecular flexibility index (Phi) is 4.21. The van der Waals surface area contributed by atoms with Crippen molar-refractivity contribution in [2.75, 3.05) is 0 Å². The van der Waals surface area contributed by atoms with Crippen molar-refractivity contribution in [3.8, 4) is 5.69 Å². The van der Waals surface area contributed by atoms with E-state index in [1.54, 1.807) is 10.7 Å². The van der Waals surface area contributed by atoms with Gasteiger partial charge >= 0.3 is 5.97 Å². The molecule has 4 nitrogen and oxygen atoms in total. The van der Waals surface area contributed by atoms with Gasteiger partial charge in [-0.25, -0.2) is 13.9 Å². The summed E-state index contributed by atoms with van der Waals surface area (Å²) in [6.07, 6.45) is 3.23. The largest absolute Gasteiger partial charge is 0.478 e. The van der Waals surface area contributed by atoms with Crippen molar-refractivity contribution < 1.29 is 14.3 Å². The number of carboxylic acid groups (broad SMARTS) is 1. The Hall–Kier alpha value is -2.43. The van der Waals surface area contributed by atoms with E-state index < -0.39 is 11.8 Å². The highest BCUT2D eigenvalue weighted by Gasteiger charge is 2.13. The lowest BCUT2D eigenvalue weighted by Gasteiger charge is -2.09. The Morgan fingerprint density at radius 1 is 1.43 bits per heavy atom. The molecule has 0 saturated carbocycles. The van der Waals surface area contributed by atoms with Crippen molar-refractivity contribution in [1.82, 2.24) is 9.78 Å². The highest BCUT2D eigenvalue weighted by molar-refractivity contribution is 5.86. The molecule has 2 rings (SSSR count). The number of aliphatic carboxylic acids is 1. The Morgan fingerprint density at radius 2 is 2.14 bits per heavy atom. The van der Waals surface area contributed by atoms with Crippen LogP contribution in [0.15, 0.2) is 24.3 Å². The molecule has 0 fully saturated rings. The molecule has 0 aliphatic heterocycles. The monoisotopic (exact) mass is 288 g/mol. The van der Waals surface area contributed by atoms with Crippen LogP contribution in [0.1, 0.15) is 29.4 Å². The van der Waals surface area contributed by atoms with Crippen molar-refractivity contribution in [3.63, 3.8) is 0 Å². The van der Waals surface area contributed by atoms with E-state index in [1.807, 2.05) is 13.8 Å².